The third-order valence-electron chi connectivity index (χ3n) is 9.91. The molecule has 1 saturated heterocycles. The number of aliphatic imine (C=N–C) groups is 1. The van der Waals surface area contributed by atoms with Crippen LogP contribution in [0.25, 0.3) is 0 Å². The van der Waals surface area contributed by atoms with Gasteiger partial charge in [0.25, 0.3) is 5.69 Å². The number of primary amides is 1. The number of aromatic nitrogens is 1. The van der Waals surface area contributed by atoms with E-state index in [1.807, 2.05) is 19.1 Å². The number of esters is 1. The number of cyclic esters (lactones) is 1. The number of nitro benzene ring substituents is 2. The molecule has 1 aromatic carbocycles. The van der Waals surface area contributed by atoms with Crippen LogP contribution in [0.4, 0.5) is 26.7 Å². The number of non-ortho nitro benzene ring substituents is 1. The molecule has 3 heterocycles. The first kappa shape index (κ1) is 38.0. The number of rotatable bonds is 12. The fourth-order valence-electron chi connectivity index (χ4n) is 7.47. The van der Waals surface area contributed by atoms with Gasteiger partial charge in [-0.3, -0.25) is 34.9 Å². The molecule has 3 amide bonds. The molecule has 3 aliphatic rings. The van der Waals surface area contributed by atoms with Crippen molar-refractivity contribution in [2.75, 3.05) is 0 Å². The lowest BCUT2D eigenvalue weighted by Crippen LogP contribution is -2.53. The van der Waals surface area contributed by atoms with Gasteiger partial charge < -0.3 is 15.2 Å². The Bertz CT molecular complexity index is 1750. The van der Waals surface area contributed by atoms with Crippen LogP contribution >= 0.6 is 0 Å². The number of benzene rings is 1. The molecule has 1 unspecified atom stereocenters. The summed E-state index contributed by atoms with van der Waals surface area (Å²) in [6.07, 6.45) is 11.4. The van der Waals surface area contributed by atoms with Gasteiger partial charge in [0.2, 0.25) is 12.0 Å². The number of amides is 3. The zero-order valence-electron chi connectivity index (χ0n) is 29.9. The van der Waals surface area contributed by atoms with Crippen molar-refractivity contribution < 1.29 is 33.7 Å². The Morgan fingerprint density at radius 3 is 2.40 bits per heavy atom. The zero-order valence-corrected chi connectivity index (χ0v) is 29.9. The van der Waals surface area contributed by atoms with E-state index < -0.39 is 67.5 Å². The van der Waals surface area contributed by atoms with Crippen molar-refractivity contribution in [3.8, 4) is 0 Å². The zero-order chi connectivity index (χ0) is 37.8. The highest BCUT2D eigenvalue weighted by molar-refractivity contribution is 6.05. The maximum absolute atomic E-state index is 14.2. The van der Waals surface area contributed by atoms with Crippen LogP contribution in [0.3, 0.4) is 0 Å². The van der Waals surface area contributed by atoms with Crippen molar-refractivity contribution in [2.24, 2.45) is 22.6 Å². The fourth-order valence-corrected chi connectivity index (χ4v) is 7.47. The van der Waals surface area contributed by atoms with Gasteiger partial charge in [0.1, 0.15) is 29.7 Å². The predicted molar refractivity (Wildman–Crippen MR) is 191 cm³/mol. The summed E-state index contributed by atoms with van der Waals surface area (Å²) in [6.45, 7) is 7.11. The van der Waals surface area contributed by atoms with Crippen molar-refractivity contribution in [1.29, 1.82) is 0 Å². The minimum atomic E-state index is -1.03. The molecule has 0 bridgehead atoms. The van der Waals surface area contributed by atoms with E-state index in [0.717, 1.165) is 62.2 Å². The highest BCUT2D eigenvalue weighted by Crippen LogP contribution is 2.40. The highest BCUT2D eigenvalue weighted by atomic mass is 16.6. The third-order valence-corrected chi connectivity index (χ3v) is 9.91. The first-order valence-corrected chi connectivity index (χ1v) is 17.6. The Labute approximate surface area is 301 Å². The van der Waals surface area contributed by atoms with E-state index in [2.05, 4.69) is 9.98 Å². The quantitative estimate of drug-likeness (QED) is 0.106. The molecule has 16 nitrogen and oxygen atoms in total. The Morgan fingerprint density at radius 2 is 1.79 bits per heavy atom. The molecule has 2 aliphatic heterocycles. The van der Waals surface area contributed by atoms with Crippen LogP contribution in [0.15, 0.2) is 59.6 Å². The summed E-state index contributed by atoms with van der Waals surface area (Å²) < 4.78 is 11.1. The standard InChI is InChI=1S/C36H45N7O9/c1-23(16-27-21-43(22-39-27,34(37)45)31-11-10-28(41(47)48)20-29(31)42(49)50)40(35(46)52-36(2,3)4)30(18-24-8-6-5-7-9-24)32-19-26(33(44)51-32)17-25-12-14-38-15-13-25/h10-15,20-24,26,30,32H,5-9,16-19H2,1-4H3,(H-,37,45)/p+1/t23-,26-,30+,32+,43?/m1/s1. The van der Waals surface area contributed by atoms with Crippen LogP contribution < -0.4 is 10.2 Å². The lowest BCUT2D eigenvalue weighted by Gasteiger charge is -2.41. The maximum atomic E-state index is 14.2. The number of hydrogen-bond donors (Lipinski definition) is 1. The summed E-state index contributed by atoms with van der Waals surface area (Å²) in [5.74, 6) is -0.451. The van der Waals surface area contributed by atoms with Crippen molar-refractivity contribution >= 4 is 41.5 Å². The topological polar surface area (TPSA) is 210 Å². The average Bonchev–Trinajstić information content (AvgIpc) is 3.68. The molecule has 1 saturated carbocycles. The van der Waals surface area contributed by atoms with E-state index in [0.29, 0.717) is 30.9 Å². The minimum absolute atomic E-state index is 0.0755. The van der Waals surface area contributed by atoms with Gasteiger partial charge in [-0.15, -0.1) is 4.48 Å². The van der Waals surface area contributed by atoms with E-state index in [1.165, 1.54) is 6.20 Å². The summed E-state index contributed by atoms with van der Waals surface area (Å²) in [5.41, 5.74) is 4.78. The monoisotopic (exact) mass is 720 g/mol. The molecule has 2 N–H and O–H groups in total. The van der Waals surface area contributed by atoms with Gasteiger partial charge in [0.05, 0.1) is 21.8 Å². The first-order valence-electron chi connectivity index (χ1n) is 17.6. The molecule has 278 valence electrons. The molecule has 2 aromatic rings. The molecule has 52 heavy (non-hydrogen) atoms. The molecule has 2 fully saturated rings. The molecule has 5 atom stereocenters. The Kier molecular flexibility index (Phi) is 11.4. The van der Waals surface area contributed by atoms with Gasteiger partial charge in [0.15, 0.2) is 0 Å². The van der Waals surface area contributed by atoms with Crippen molar-refractivity contribution in [3.63, 3.8) is 0 Å². The largest absolute Gasteiger partial charge is 0.460 e. The summed E-state index contributed by atoms with van der Waals surface area (Å²) in [4.78, 5) is 72.5. The molecule has 16 heteroatoms. The molecule has 5 rings (SSSR count). The lowest BCUT2D eigenvalue weighted by atomic mass is 9.82. The number of pyridine rings is 1. The number of quaternary nitrogens is 1. The second-order valence-electron chi connectivity index (χ2n) is 14.9. The van der Waals surface area contributed by atoms with Gasteiger partial charge in [-0.1, -0.05) is 32.1 Å². The average molecular weight is 721 g/mol. The van der Waals surface area contributed by atoms with Crippen LogP contribution in [0.5, 0.6) is 0 Å². The minimum Gasteiger partial charge on any atom is -0.460 e. The normalized spacial score (nSPS) is 23.0. The van der Waals surface area contributed by atoms with Gasteiger partial charge in [-0.2, -0.15) is 0 Å². The van der Waals surface area contributed by atoms with E-state index in [4.69, 9.17) is 15.2 Å². The molecular formula is C36H46N7O9+. The molecule has 1 aliphatic carbocycles. The second kappa shape index (κ2) is 15.6. The molecule has 1 aromatic heterocycles. The van der Waals surface area contributed by atoms with Crippen LogP contribution in [-0.4, -0.2) is 68.0 Å². The number of carbonyl (C=O) groups excluding carboxylic acids is 3. The van der Waals surface area contributed by atoms with Crippen LogP contribution in [0.1, 0.15) is 84.6 Å². The summed E-state index contributed by atoms with van der Waals surface area (Å²) in [5, 5.41) is 23.4. The van der Waals surface area contributed by atoms with E-state index in [1.54, 1.807) is 38.1 Å². The number of urea groups is 1. The summed E-state index contributed by atoms with van der Waals surface area (Å²) in [7, 11) is 0. The van der Waals surface area contributed by atoms with E-state index in [-0.39, 0.29) is 18.1 Å². The third kappa shape index (κ3) is 8.61. The number of carbonyl (C=O) groups is 3. The van der Waals surface area contributed by atoms with Crippen molar-refractivity contribution in [1.82, 2.24) is 14.4 Å². The fraction of sp³-hybridized carbons (Fsp3) is 0.528. The summed E-state index contributed by atoms with van der Waals surface area (Å²) >= 11 is 0. The van der Waals surface area contributed by atoms with Crippen LogP contribution in [-0.2, 0) is 20.7 Å². The lowest BCUT2D eigenvalue weighted by molar-refractivity contribution is -0.393. The SMILES string of the molecule is C[C@H](CC1=C[N+](C(N)=O)(c2ccc([N+](=O)[O-])cc2[N+](=O)[O-])C=N1)N(C(=O)OC(C)(C)C)[C@@H](CC1CCCCC1)[C@@H]1C[C@@H](Cc2ccncc2)C(=O)O1. The van der Waals surface area contributed by atoms with Crippen LogP contribution in [0, 0.1) is 32.1 Å². The van der Waals surface area contributed by atoms with E-state index in [9.17, 15) is 34.6 Å². The van der Waals surface area contributed by atoms with Gasteiger partial charge in [-0.05, 0) is 64.2 Å². The molecular weight excluding hydrogens is 674 g/mol. The second-order valence-corrected chi connectivity index (χ2v) is 14.9. The number of hydrogen-bond acceptors (Lipinski definition) is 11. The maximum Gasteiger partial charge on any atom is 0.429 e. The van der Waals surface area contributed by atoms with Gasteiger partial charge in [0, 0.05) is 43.4 Å². The Hall–Kier alpha value is -5.25. The van der Waals surface area contributed by atoms with Crippen molar-refractivity contribution in [3.05, 3.63) is 80.4 Å². The molecule has 0 radical (unpaired) electrons. The number of nitro groups is 2. The highest BCUT2D eigenvalue weighted by Gasteiger charge is 2.48. The Morgan fingerprint density at radius 1 is 1.10 bits per heavy atom. The Balaban J connectivity index is 1.50. The number of nitrogens with zero attached hydrogens (tertiary/aromatic N) is 6. The smallest absolute Gasteiger partial charge is 0.429 e. The van der Waals surface area contributed by atoms with Crippen molar-refractivity contribution in [2.45, 2.75) is 109 Å². The predicted octanol–water partition coefficient (Wildman–Crippen LogP) is 6.70. The summed E-state index contributed by atoms with van der Waals surface area (Å²) in [6, 6.07) is 4.47. The number of nitrogens with two attached hydrogens (primary N) is 1. The first-order chi connectivity index (χ1) is 24.6. The van der Waals surface area contributed by atoms with Crippen LogP contribution in [0.2, 0.25) is 0 Å². The van der Waals surface area contributed by atoms with E-state index >= 15 is 0 Å². The van der Waals surface area contributed by atoms with Gasteiger partial charge in [-0.25, -0.2) is 14.6 Å². The number of ether oxygens (including phenoxy) is 2. The van der Waals surface area contributed by atoms with Gasteiger partial charge >= 0.3 is 23.8 Å². The molecule has 0 spiro atoms.